The fraction of sp³-hybridized carbons (Fsp3) is 0.111. The van der Waals surface area contributed by atoms with Crippen molar-refractivity contribution < 1.29 is 0 Å². The van der Waals surface area contributed by atoms with Gasteiger partial charge in [0, 0.05) is 74.5 Å². The number of halogens is 1. The molecule has 2 aromatic carbocycles. The number of hydrogen-bond acceptors (Lipinski definition) is 12. The Morgan fingerprint density at radius 2 is 1.18 bits per heavy atom. The molecule has 256 valence electrons. The second-order valence-corrected chi connectivity index (χ2v) is 12.5. The van der Waals surface area contributed by atoms with Gasteiger partial charge >= 0.3 is 0 Å². The van der Waals surface area contributed by atoms with E-state index < -0.39 is 0 Å². The number of fused-ring (bicyclic) bond motifs is 2. The molecular formula is C36H33ClN12S2. The van der Waals surface area contributed by atoms with E-state index in [0.29, 0.717) is 10.3 Å². The van der Waals surface area contributed by atoms with E-state index >= 15 is 0 Å². The summed E-state index contributed by atoms with van der Waals surface area (Å²) in [6.07, 6.45) is 14.6. The zero-order valence-corrected chi connectivity index (χ0v) is 30.5. The molecule has 0 bridgehead atoms. The number of anilines is 3. The van der Waals surface area contributed by atoms with Crippen LogP contribution in [0.4, 0.5) is 17.7 Å². The number of benzene rings is 2. The van der Waals surface area contributed by atoms with E-state index in [-0.39, 0.29) is 0 Å². The van der Waals surface area contributed by atoms with E-state index in [2.05, 4.69) is 40.2 Å². The lowest BCUT2D eigenvalue weighted by Gasteiger charge is -2.19. The average Bonchev–Trinajstić information content (AvgIpc) is 3.88. The standard InChI is InChI=1S/C18H16N6S.C13H12N4.C5H5ClN2S/c1-23(15-8-9-20-17(22-15)25-2)18-21-14(13-6-4-3-5-7-13)12-16-19-10-11-24(16)18;1-14-13-16-11(10-5-3-2-4-6-10)9-12-15-7-8-17(12)13;1-9-5-7-3-2-4(6)8-5/h3-12H,1-2H3;2-9H,1H3,(H,14,16);2-3H,1H3. The Bertz CT molecular complexity index is 2330. The predicted molar refractivity (Wildman–Crippen MR) is 207 cm³/mol. The van der Waals surface area contributed by atoms with Gasteiger partial charge in [0.25, 0.3) is 0 Å². The van der Waals surface area contributed by atoms with Crippen LogP contribution in [0.2, 0.25) is 5.15 Å². The van der Waals surface area contributed by atoms with Gasteiger partial charge in [-0.2, -0.15) is 0 Å². The smallest absolute Gasteiger partial charge is 0.217 e. The van der Waals surface area contributed by atoms with Gasteiger partial charge in [0.2, 0.25) is 11.9 Å². The predicted octanol–water partition coefficient (Wildman–Crippen LogP) is 7.97. The van der Waals surface area contributed by atoms with Gasteiger partial charge < -0.3 is 5.32 Å². The molecule has 0 aliphatic heterocycles. The first-order valence-corrected chi connectivity index (χ1v) is 18.4. The van der Waals surface area contributed by atoms with Crippen molar-refractivity contribution in [3.8, 4) is 22.5 Å². The molecule has 0 saturated carbocycles. The molecule has 12 nitrogen and oxygen atoms in total. The van der Waals surface area contributed by atoms with E-state index in [9.17, 15) is 0 Å². The number of rotatable bonds is 7. The largest absolute Gasteiger partial charge is 0.358 e. The van der Waals surface area contributed by atoms with Gasteiger partial charge in [-0.3, -0.25) is 13.7 Å². The molecule has 0 amide bonds. The van der Waals surface area contributed by atoms with Crippen molar-refractivity contribution in [2.45, 2.75) is 10.3 Å². The first kappa shape index (κ1) is 35.3. The quantitative estimate of drug-likeness (QED) is 0.0970. The summed E-state index contributed by atoms with van der Waals surface area (Å²) >= 11 is 8.55. The number of imidazole rings is 2. The van der Waals surface area contributed by atoms with E-state index in [1.54, 1.807) is 30.9 Å². The monoisotopic (exact) mass is 732 g/mol. The Morgan fingerprint density at radius 3 is 1.75 bits per heavy atom. The van der Waals surface area contributed by atoms with Crippen molar-refractivity contribution in [2.75, 3.05) is 36.8 Å². The molecule has 0 fully saturated rings. The summed E-state index contributed by atoms with van der Waals surface area (Å²) in [5.74, 6) is 2.32. The molecule has 15 heteroatoms. The third-order valence-corrected chi connectivity index (χ3v) is 8.68. The third-order valence-electron chi connectivity index (χ3n) is 7.35. The Labute approximate surface area is 308 Å². The highest BCUT2D eigenvalue weighted by atomic mass is 35.5. The van der Waals surface area contributed by atoms with Crippen molar-refractivity contribution >= 4 is 64.1 Å². The highest BCUT2D eigenvalue weighted by Crippen LogP contribution is 2.27. The third kappa shape index (κ3) is 8.60. The van der Waals surface area contributed by atoms with E-state index in [1.807, 2.05) is 132 Å². The molecule has 0 atom stereocenters. The SMILES string of the molecule is CNc1nc(-c2ccccc2)cc2nccn12.CSc1nccc(Cl)n1.CSc1nccc(N(C)c2nc(-c3ccccc3)cc3nccn23)n1. The number of nitrogens with zero attached hydrogens (tertiary/aromatic N) is 11. The van der Waals surface area contributed by atoms with E-state index in [4.69, 9.17) is 16.6 Å². The Hall–Kier alpha value is -5.57. The molecule has 8 rings (SSSR count). The molecule has 51 heavy (non-hydrogen) atoms. The number of thioether (sulfide) groups is 2. The second kappa shape index (κ2) is 16.9. The van der Waals surface area contributed by atoms with Gasteiger partial charge in [-0.25, -0.2) is 39.9 Å². The molecule has 0 aliphatic rings. The van der Waals surface area contributed by atoms with Crippen LogP contribution in [-0.4, -0.2) is 75.3 Å². The Balaban J connectivity index is 0.000000148. The molecule has 0 spiro atoms. The van der Waals surface area contributed by atoms with Gasteiger partial charge in [0.1, 0.15) is 22.3 Å². The summed E-state index contributed by atoms with van der Waals surface area (Å²) in [4.78, 5) is 36.7. The molecule has 8 aromatic rings. The van der Waals surface area contributed by atoms with Gasteiger partial charge in [0.15, 0.2) is 10.3 Å². The lowest BCUT2D eigenvalue weighted by Crippen LogP contribution is -2.17. The highest BCUT2D eigenvalue weighted by molar-refractivity contribution is 7.98. The van der Waals surface area contributed by atoms with Crippen molar-refractivity contribution in [1.29, 1.82) is 0 Å². The van der Waals surface area contributed by atoms with E-state index in [0.717, 1.165) is 56.7 Å². The van der Waals surface area contributed by atoms with Crippen molar-refractivity contribution in [2.24, 2.45) is 0 Å². The van der Waals surface area contributed by atoms with Gasteiger partial charge in [0.05, 0.1) is 11.4 Å². The summed E-state index contributed by atoms with van der Waals surface area (Å²) in [6.45, 7) is 0. The normalized spacial score (nSPS) is 10.6. The minimum absolute atomic E-state index is 0.495. The topological polar surface area (TPSA) is 127 Å². The van der Waals surface area contributed by atoms with Crippen LogP contribution >= 0.6 is 35.1 Å². The van der Waals surface area contributed by atoms with Crippen LogP contribution in [0.15, 0.2) is 132 Å². The zero-order valence-electron chi connectivity index (χ0n) is 28.2. The minimum atomic E-state index is 0.495. The molecular weight excluding hydrogens is 700 g/mol. The summed E-state index contributed by atoms with van der Waals surface area (Å²) in [7, 11) is 3.81. The van der Waals surface area contributed by atoms with Gasteiger partial charge in [-0.1, -0.05) is 95.8 Å². The van der Waals surface area contributed by atoms with Crippen LogP contribution in [0.3, 0.4) is 0 Å². The van der Waals surface area contributed by atoms with Gasteiger partial charge in [-0.15, -0.1) is 0 Å². The van der Waals surface area contributed by atoms with Crippen LogP contribution in [-0.2, 0) is 0 Å². The molecule has 1 N–H and O–H groups in total. The zero-order chi connectivity index (χ0) is 35.6. The first-order valence-electron chi connectivity index (χ1n) is 15.6. The lowest BCUT2D eigenvalue weighted by atomic mass is 10.1. The fourth-order valence-corrected chi connectivity index (χ4v) is 5.79. The number of nitrogens with one attached hydrogen (secondary N) is 1. The van der Waals surface area contributed by atoms with Crippen molar-refractivity contribution in [3.05, 3.63) is 127 Å². The Morgan fingerprint density at radius 1 is 0.627 bits per heavy atom. The molecule has 0 aliphatic carbocycles. The molecule has 0 saturated heterocycles. The van der Waals surface area contributed by atoms with Crippen LogP contribution in [0.5, 0.6) is 0 Å². The maximum atomic E-state index is 5.56. The van der Waals surface area contributed by atoms with Gasteiger partial charge in [-0.05, 0) is 24.6 Å². The van der Waals surface area contributed by atoms with Crippen LogP contribution in [0.1, 0.15) is 0 Å². The summed E-state index contributed by atoms with van der Waals surface area (Å²) in [5, 5.41) is 5.01. The summed E-state index contributed by atoms with van der Waals surface area (Å²) in [6, 6.07) is 27.7. The van der Waals surface area contributed by atoms with Crippen LogP contribution in [0.25, 0.3) is 33.8 Å². The fourth-order valence-electron chi connectivity index (χ4n) is 4.89. The number of hydrogen-bond donors (Lipinski definition) is 1. The summed E-state index contributed by atoms with van der Waals surface area (Å²) < 4.78 is 3.87. The number of aromatic nitrogens is 10. The summed E-state index contributed by atoms with van der Waals surface area (Å²) in [5.41, 5.74) is 5.68. The second-order valence-electron chi connectivity index (χ2n) is 10.5. The molecule has 6 aromatic heterocycles. The Kier molecular flexibility index (Phi) is 11.7. The maximum absolute atomic E-state index is 5.56. The first-order chi connectivity index (χ1) is 25.0. The minimum Gasteiger partial charge on any atom is -0.358 e. The average molecular weight is 733 g/mol. The highest BCUT2D eigenvalue weighted by Gasteiger charge is 2.15. The lowest BCUT2D eigenvalue weighted by molar-refractivity contribution is 0.915. The molecule has 6 heterocycles. The molecule has 0 radical (unpaired) electrons. The van der Waals surface area contributed by atoms with Crippen molar-refractivity contribution in [1.82, 2.24) is 48.7 Å². The van der Waals surface area contributed by atoms with Crippen LogP contribution < -0.4 is 10.2 Å². The van der Waals surface area contributed by atoms with E-state index in [1.165, 1.54) is 23.5 Å². The van der Waals surface area contributed by atoms with Crippen molar-refractivity contribution in [3.63, 3.8) is 0 Å². The maximum Gasteiger partial charge on any atom is 0.217 e. The van der Waals surface area contributed by atoms with Crippen LogP contribution in [0, 0.1) is 0 Å². The molecule has 0 unspecified atom stereocenters.